The van der Waals surface area contributed by atoms with Crippen molar-refractivity contribution in [3.8, 4) is 17.3 Å². The summed E-state index contributed by atoms with van der Waals surface area (Å²) in [6, 6.07) is 5.75. The van der Waals surface area contributed by atoms with Crippen molar-refractivity contribution in [2.24, 2.45) is 0 Å². The van der Waals surface area contributed by atoms with E-state index in [1.165, 1.54) is 0 Å². The van der Waals surface area contributed by atoms with Gasteiger partial charge in [-0.05, 0) is 38.0 Å². The Kier molecular flexibility index (Phi) is 3.91. The molecule has 1 amide bonds. The molecule has 1 aromatic carbocycles. The number of aromatic nitrogens is 2. The lowest BCUT2D eigenvalue weighted by molar-refractivity contribution is 0.0893. The predicted octanol–water partition coefficient (Wildman–Crippen LogP) is 3.47. The third kappa shape index (κ3) is 2.86. The Hall–Kier alpha value is -2.83. The molecule has 4 rings (SSSR count). The number of carbonyl (C=O) groups is 1. The lowest BCUT2D eigenvalue weighted by atomic mass is 10.1. The first kappa shape index (κ1) is 15.7. The van der Waals surface area contributed by atoms with Crippen LogP contribution >= 0.6 is 0 Å². The van der Waals surface area contributed by atoms with Crippen molar-refractivity contribution in [2.75, 3.05) is 7.11 Å². The maximum Gasteiger partial charge on any atom is 0.316 e. The van der Waals surface area contributed by atoms with Crippen LogP contribution in [0.1, 0.15) is 41.9 Å². The van der Waals surface area contributed by atoms with Crippen LogP contribution in [-0.2, 0) is 0 Å². The molecule has 130 valence electrons. The summed E-state index contributed by atoms with van der Waals surface area (Å²) in [6.07, 6.45) is 4.28. The topological polar surface area (TPSA) is 90.4 Å². The van der Waals surface area contributed by atoms with Gasteiger partial charge < -0.3 is 19.0 Å². The average Bonchev–Trinajstić information content (AvgIpc) is 3.35. The highest BCUT2D eigenvalue weighted by Crippen LogP contribution is 2.33. The zero-order valence-electron chi connectivity index (χ0n) is 14.2. The Labute approximate surface area is 144 Å². The van der Waals surface area contributed by atoms with Crippen molar-refractivity contribution in [3.05, 3.63) is 29.7 Å². The first-order valence-corrected chi connectivity index (χ1v) is 8.38. The van der Waals surface area contributed by atoms with Crippen molar-refractivity contribution >= 4 is 16.9 Å². The standard InChI is InChI=1S/C18H19N3O4/c1-10-13-9-12(23-2)7-8-14(13)24-15(10)16-20-18(25-21-16)17(22)19-11-5-3-4-6-11/h7-9,11H,3-6H2,1-2H3,(H,19,22). The lowest BCUT2D eigenvalue weighted by Crippen LogP contribution is -2.32. The predicted molar refractivity (Wildman–Crippen MR) is 90.5 cm³/mol. The quantitative estimate of drug-likeness (QED) is 0.781. The molecule has 7 nitrogen and oxygen atoms in total. The highest BCUT2D eigenvalue weighted by molar-refractivity contribution is 5.91. The molecule has 1 aliphatic rings. The molecule has 0 unspecified atom stereocenters. The van der Waals surface area contributed by atoms with Gasteiger partial charge >= 0.3 is 11.8 Å². The van der Waals surface area contributed by atoms with Crippen LogP contribution in [0.15, 0.2) is 27.1 Å². The molecule has 25 heavy (non-hydrogen) atoms. The summed E-state index contributed by atoms with van der Waals surface area (Å²) in [4.78, 5) is 16.4. The van der Waals surface area contributed by atoms with Crippen LogP contribution in [0.4, 0.5) is 0 Å². The molecular weight excluding hydrogens is 322 g/mol. The largest absolute Gasteiger partial charge is 0.497 e. The number of nitrogens with zero attached hydrogens (tertiary/aromatic N) is 2. The molecule has 0 spiro atoms. The number of furan rings is 1. The van der Waals surface area contributed by atoms with E-state index in [4.69, 9.17) is 13.7 Å². The fourth-order valence-electron chi connectivity index (χ4n) is 3.27. The van der Waals surface area contributed by atoms with Crippen LogP contribution in [-0.4, -0.2) is 29.2 Å². The second kappa shape index (κ2) is 6.23. The number of aryl methyl sites for hydroxylation is 1. The van der Waals surface area contributed by atoms with E-state index in [1.807, 2.05) is 25.1 Å². The molecule has 1 fully saturated rings. The SMILES string of the molecule is COc1ccc2oc(-c3noc(C(=O)NC4CCCC4)n3)c(C)c2c1. The number of amides is 1. The summed E-state index contributed by atoms with van der Waals surface area (Å²) in [5, 5.41) is 7.76. The van der Waals surface area contributed by atoms with Gasteiger partial charge in [0.15, 0.2) is 5.76 Å². The molecule has 1 aliphatic carbocycles. The Morgan fingerprint density at radius 2 is 2.12 bits per heavy atom. The third-order valence-electron chi connectivity index (χ3n) is 4.66. The van der Waals surface area contributed by atoms with E-state index in [0.717, 1.165) is 42.4 Å². The summed E-state index contributed by atoms with van der Waals surface area (Å²) in [5.41, 5.74) is 1.58. The van der Waals surface area contributed by atoms with Gasteiger partial charge in [0.1, 0.15) is 11.3 Å². The number of carbonyl (C=O) groups excluding carboxylic acids is 1. The summed E-state index contributed by atoms with van der Waals surface area (Å²) >= 11 is 0. The number of fused-ring (bicyclic) bond motifs is 1. The first-order valence-electron chi connectivity index (χ1n) is 8.38. The molecule has 1 N–H and O–H groups in total. The number of nitrogens with one attached hydrogen (secondary N) is 1. The Morgan fingerprint density at radius 3 is 2.88 bits per heavy atom. The highest BCUT2D eigenvalue weighted by atomic mass is 16.5. The average molecular weight is 341 g/mol. The molecule has 2 heterocycles. The molecular formula is C18H19N3O4. The first-order chi connectivity index (χ1) is 12.2. The Morgan fingerprint density at radius 1 is 1.32 bits per heavy atom. The lowest BCUT2D eigenvalue weighted by Gasteiger charge is -2.08. The number of hydrogen-bond acceptors (Lipinski definition) is 6. The van der Waals surface area contributed by atoms with Crippen LogP contribution < -0.4 is 10.1 Å². The van der Waals surface area contributed by atoms with Gasteiger partial charge in [-0.2, -0.15) is 4.98 Å². The van der Waals surface area contributed by atoms with Crippen molar-refractivity contribution in [1.29, 1.82) is 0 Å². The van der Waals surface area contributed by atoms with Gasteiger partial charge in [0.05, 0.1) is 7.11 Å². The smallest absolute Gasteiger partial charge is 0.316 e. The molecule has 0 saturated heterocycles. The minimum Gasteiger partial charge on any atom is -0.497 e. The van der Waals surface area contributed by atoms with E-state index in [-0.39, 0.29) is 23.7 Å². The van der Waals surface area contributed by atoms with Crippen LogP contribution in [0.2, 0.25) is 0 Å². The van der Waals surface area contributed by atoms with E-state index in [9.17, 15) is 4.79 Å². The van der Waals surface area contributed by atoms with Crippen LogP contribution in [0.25, 0.3) is 22.6 Å². The van der Waals surface area contributed by atoms with Gasteiger partial charge in [-0.1, -0.05) is 18.0 Å². The highest BCUT2D eigenvalue weighted by Gasteiger charge is 2.24. The van der Waals surface area contributed by atoms with E-state index >= 15 is 0 Å². The maximum atomic E-state index is 12.2. The third-order valence-corrected chi connectivity index (χ3v) is 4.66. The normalized spacial score (nSPS) is 15.0. The van der Waals surface area contributed by atoms with E-state index in [0.29, 0.717) is 11.3 Å². The minimum atomic E-state index is -0.332. The number of methoxy groups -OCH3 is 1. The van der Waals surface area contributed by atoms with Gasteiger partial charge in [0.25, 0.3) is 0 Å². The van der Waals surface area contributed by atoms with Crippen molar-refractivity contribution in [1.82, 2.24) is 15.5 Å². The summed E-state index contributed by atoms with van der Waals surface area (Å²) in [7, 11) is 1.62. The molecule has 2 aromatic heterocycles. The van der Waals surface area contributed by atoms with Crippen molar-refractivity contribution in [2.45, 2.75) is 38.6 Å². The van der Waals surface area contributed by atoms with E-state index in [1.54, 1.807) is 7.11 Å². The molecule has 0 radical (unpaired) electrons. The fourth-order valence-corrected chi connectivity index (χ4v) is 3.27. The number of hydrogen-bond donors (Lipinski definition) is 1. The molecule has 0 bridgehead atoms. The second-order valence-electron chi connectivity index (χ2n) is 6.30. The zero-order chi connectivity index (χ0) is 17.4. The zero-order valence-corrected chi connectivity index (χ0v) is 14.2. The van der Waals surface area contributed by atoms with Gasteiger partial charge in [-0.25, -0.2) is 0 Å². The van der Waals surface area contributed by atoms with E-state index in [2.05, 4.69) is 15.5 Å². The molecule has 0 aliphatic heterocycles. The van der Waals surface area contributed by atoms with Gasteiger partial charge in [0.2, 0.25) is 5.82 Å². The van der Waals surface area contributed by atoms with E-state index < -0.39 is 0 Å². The fraction of sp³-hybridized carbons (Fsp3) is 0.389. The molecule has 1 saturated carbocycles. The van der Waals surface area contributed by atoms with Gasteiger partial charge in [-0.3, -0.25) is 4.79 Å². The number of rotatable bonds is 4. The van der Waals surface area contributed by atoms with Crippen molar-refractivity contribution in [3.63, 3.8) is 0 Å². The van der Waals surface area contributed by atoms with Crippen LogP contribution in [0.5, 0.6) is 5.75 Å². The summed E-state index contributed by atoms with van der Waals surface area (Å²) in [5.74, 6) is 1.13. The molecule has 7 heteroatoms. The van der Waals surface area contributed by atoms with Crippen LogP contribution in [0, 0.1) is 6.92 Å². The summed E-state index contributed by atoms with van der Waals surface area (Å²) < 4.78 is 16.2. The molecule has 3 aromatic rings. The maximum absolute atomic E-state index is 12.2. The molecule has 0 atom stereocenters. The Bertz CT molecular complexity index is 922. The Balaban J connectivity index is 1.62. The minimum absolute atomic E-state index is 0.0423. The number of benzene rings is 1. The van der Waals surface area contributed by atoms with Crippen LogP contribution in [0.3, 0.4) is 0 Å². The second-order valence-corrected chi connectivity index (χ2v) is 6.30. The monoisotopic (exact) mass is 341 g/mol. The number of ether oxygens (including phenoxy) is 1. The van der Waals surface area contributed by atoms with Crippen molar-refractivity contribution < 1.29 is 18.5 Å². The summed E-state index contributed by atoms with van der Waals surface area (Å²) in [6.45, 7) is 1.91. The van der Waals surface area contributed by atoms with Gasteiger partial charge in [0, 0.05) is 17.0 Å². The van der Waals surface area contributed by atoms with Gasteiger partial charge in [-0.15, -0.1) is 0 Å².